The van der Waals surface area contributed by atoms with E-state index in [4.69, 9.17) is 0 Å². The maximum absolute atomic E-state index is 12.2. The Labute approximate surface area is 75.7 Å². The van der Waals surface area contributed by atoms with E-state index in [9.17, 15) is 8.78 Å². The molecule has 74 valence electrons. The summed E-state index contributed by atoms with van der Waals surface area (Å²) in [5, 5.41) is 6.56. The fourth-order valence-corrected chi connectivity index (χ4v) is 1.05. The van der Waals surface area contributed by atoms with Crippen LogP contribution in [0.3, 0.4) is 0 Å². The fourth-order valence-electron chi connectivity index (χ4n) is 1.05. The summed E-state index contributed by atoms with van der Waals surface area (Å²) < 4.78 is 25.2. The number of halogens is 2. The number of rotatable bonds is 5. The molecule has 0 aromatic carbocycles. The first-order valence-electron chi connectivity index (χ1n) is 4.27. The second-order valence-corrected chi connectivity index (χ2v) is 2.72. The molecule has 0 aliphatic rings. The Balaban J connectivity index is 2.50. The van der Waals surface area contributed by atoms with E-state index in [1.165, 1.54) is 6.20 Å². The lowest BCUT2D eigenvalue weighted by Gasteiger charge is -2.06. The predicted molar refractivity (Wildman–Crippen MR) is 45.5 cm³/mol. The third-order valence-electron chi connectivity index (χ3n) is 1.67. The van der Waals surface area contributed by atoms with Gasteiger partial charge in [-0.3, -0.25) is 0 Å². The summed E-state index contributed by atoms with van der Waals surface area (Å²) in [6, 6.07) is 1.59. The number of alkyl halides is 2. The molecule has 0 saturated carbocycles. The van der Waals surface area contributed by atoms with Gasteiger partial charge in [-0.1, -0.05) is 6.92 Å². The molecule has 1 rings (SSSR count). The molecule has 1 aromatic heterocycles. The zero-order chi connectivity index (χ0) is 9.68. The van der Waals surface area contributed by atoms with E-state index < -0.39 is 6.55 Å². The first kappa shape index (κ1) is 10.1. The zero-order valence-corrected chi connectivity index (χ0v) is 7.50. The van der Waals surface area contributed by atoms with Crippen LogP contribution in [-0.4, -0.2) is 16.3 Å². The van der Waals surface area contributed by atoms with Gasteiger partial charge in [0.1, 0.15) is 0 Å². The molecule has 0 unspecified atom stereocenters. The predicted octanol–water partition coefficient (Wildman–Crippen LogP) is 1.78. The van der Waals surface area contributed by atoms with Crippen molar-refractivity contribution in [2.45, 2.75) is 26.4 Å². The molecule has 1 heterocycles. The molecule has 0 radical (unpaired) electrons. The van der Waals surface area contributed by atoms with E-state index in [1.54, 1.807) is 6.07 Å². The summed E-state index contributed by atoms with van der Waals surface area (Å²) in [5.74, 6) is 0. The Morgan fingerprint density at radius 3 is 3.00 bits per heavy atom. The lowest BCUT2D eigenvalue weighted by Crippen LogP contribution is -2.17. The van der Waals surface area contributed by atoms with Crippen LogP contribution >= 0.6 is 0 Å². The first-order valence-corrected chi connectivity index (χ1v) is 4.27. The highest BCUT2D eigenvalue weighted by molar-refractivity contribution is 5.00. The zero-order valence-electron chi connectivity index (χ0n) is 7.50. The van der Waals surface area contributed by atoms with Crippen molar-refractivity contribution in [3.63, 3.8) is 0 Å². The minimum Gasteiger partial charge on any atom is -0.311 e. The normalized spacial score (nSPS) is 11.1. The number of aromatic nitrogens is 2. The first-order chi connectivity index (χ1) is 6.25. The van der Waals surface area contributed by atoms with Crippen LogP contribution in [0, 0.1) is 0 Å². The molecule has 1 aromatic rings. The molecule has 1 N–H and O–H groups in total. The molecule has 0 aliphatic carbocycles. The molecule has 13 heavy (non-hydrogen) atoms. The number of hydrogen-bond donors (Lipinski definition) is 1. The average Bonchev–Trinajstić information content (AvgIpc) is 2.53. The lowest BCUT2D eigenvalue weighted by atomic mass is 10.4. The molecule has 3 nitrogen and oxygen atoms in total. The Hall–Kier alpha value is -0.970. The smallest absolute Gasteiger partial charge is 0.311 e. The SMILES string of the molecule is CCCNCc1ccnn1C(F)F. The highest BCUT2D eigenvalue weighted by atomic mass is 19.3. The van der Waals surface area contributed by atoms with Gasteiger partial charge in [0.05, 0.1) is 5.69 Å². The van der Waals surface area contributed by atoms with Crippen LogP contribution in [-0.2, 0) is 6.54 Å². The van der Waals surface area contributed by atoms with Gasteiger partial charge in [-0.05, 0) is 19.0 Å². The maximum Gasteiger partial charge on any atom is 0.333 e. The summed E-state index contributed by atoms with van der Waals surface area (Å²) >= 11 is 0. The van der Waals surface area contributed by atoms with Crippen LogP contribution in [0.5, 0.6) is 0 Å². The van der Waals surface area contributed by atoms with Gasteiger partial charge >= 0.3 is 6.55 Å². The number of nitrogens with zero attached hydrogens (tertiary/aromatic N) is 2. The minimum atomic E-state index is -2.55. The van der Waals surface area contributed by atoms with Crippen molar-refractivity contribution in [1.29, 1.82) is 0 Å². The van der Waals surface area contributed by atoms with Crippen molar-refractivity contribution in [1.82, 2.24) is 15.1 Å². The van der Waals surface area contributed by atoms with Crippen molar-refractivity contribution in [3.05, 3.63) is 18.0 Å². The van der Waals surface area contributed by atoms with Crippen LogP contribution in [0.4, 0.5) is 8.78 Å². The summed E-state index contributed by atoms with van der Waals surface area (Å²) in [4.78, 5) is 0. The lowest BCUT2D eigenvalue weighted by molar-refractivity contribution is 0.0531. The second kappa shape index (κ2) is 4.91. The molecule has 0 atom stereocenters. The molecule has 0 saturated heterocycles. The van der Waals surface area contributed by atoms with Crippen molar-refractivity contribution in [2.75, 3.05) is 6.54 Å². The third kappa shape index (κ3) is 2.77. The fraction of sp³-hybridized carbons (Fsp3) is 0.625. The molecular weight excluding hydrogens is 176 g/mol. The van der Waals surface area contributed by atoms with Crippen molar-refractivity contribution >= 4 is 0 Å². The summed E-state index contributed by atoms with van der Waals surface area (Å²) in [7, 11) is 0. The van der Waals surface area contributed by atoms with Crippen molar-refractivity contribution < 1.29 is 8.78 Å². The average molecular weight is 189 g/mol. The Morgan fingerprint density at radius 2 is 2.38 bits per heavy atom. The summed E-state index contributed by atoms with van der Waals surface area (Å²) in [6.07, 6.45) is 2.37. The van der Waals surface area contributed by atoms with Gasteiger partial charge in [-0.2, -0.15) is 13.9 Å². The molecule has 5 heteroatoms. The van der Waals surface area contributed by atoms with Gasteiger partial charge < -0.3 is 5.32 Å². The van der Waals surface area contributed by atoms with Crippen LogP contribution < -0.4 is 5.32 Å². The Kier molecular flexibility index (Phi) is 3.82. The van der Waals surface area contributed by atoms with E-state index in [1.807, 2.05) is 6.92 Å². The highest BCUT2D eigenvalue weighted by Crippen LogP contribution is 2.11. The van der Waals surface area contributed by atoms with E-state index in [0.29, 0.717) is 12.2 Å². The molecule has 0 spiro atoms. The van der Waals surface area contributed by atoms with Gasteiger partial charge in [-0.25, -0.2) is 4.68 Å². The number of nitrogens with one attached hydrogen (secondary N) is 1. The van der Waals surface area contributed by atoms with Gasteiger partial charge in [0, 0.05) is 12.7 Å². The molecule has 0 bridgehead atoms. The van der Waals surface area contributed by atoms with Gasteiger partial charge in [0.15, 0.2) is 0 Å². The summed E-state index contributed by atoms with van der Waals surface area (Å²) in [6.45, 7) is 0.748. The Morgan fingerprint density at radius 1 is 1.62 bits per heavy atom. The van der Waals surface area contributed by atoms with Crippen LogP contribution in [0.25, 0.3) is 0 Å². The van der Waals surface area contributed by atoms with Gasteiger partial charge in [-0.15, -0.1) is 0 Å². The standard InChI is InChI=1S/C8H13F2N3/c1-2-4-11-6-7-3-5-12-13(7)8(9)10/h3,5,8,11H,2,4,6H2,1H3. The highest BCUT2D eigenvalue weighted by Gasteiger charge is 2.10. The van der Waals surface area contributed by atoms with Gasteiger partial charge in [0.2, 0.25) is 0 Å². The molecule has 0 fully saturated rings. The second-order valence-electron chi connectivity index (χ2n) is 2.72. The largest absolute Gasteiger partial charge is 0.333 e. The van der Waals surface area contributed by atoms with E-state index in [-0.39, 0.29) is 0 Å². The van der Waals surface area contributed by atoms with E-state index in [2.05, 4.69) is 10.4 Å². The van der Waals surface area contributed by atoms with Gasteiger partial charge in [0.25, 0.3) is 0 Å². The summed E-state index contributed by atoms with van der Waals surface area (Å²) in [5.41, 5.74) is 0.517. The van der Waals surface area contributed by atoms with Crippen molar-refractivity contribution in [2.24, 2.45) is 0 Å². The maximum atomic E-state index is 12.2. The molecule has 0 amide bonds. The van der Waals surface area contributed by atoms with E-state index >= 15 is 0 Å². The molecular formula is C8H13F2N3. The number of hydrogen-bond acceptors (Lipinski definition) is 2. The van der Waals surface area contributed by atoms with Crippen LogP contribution in [0.15, 0.2) is 12.3 Å². The quantitative estimate of drug-likeness (QED) is 0.715. The third-order valence-corrected chi connectivity index (χ3v) is 1.67. The topological polar surface area (TPSA) is 29.9 Å². The molecule has 0 aliphatic heterocycles. The van der Waals surface area contributed by atoms with Crippen LogP contribution in [0.1, 0.15) is 25.6 Å². The van der Waals surface area contributed by atoms with Crippen LogP contribution in [0.2, 0.25) is 0 Å². The monoisotopic (exact) mass is 189 g/mol. The minimum absolute atomic E-state index is 0.443. The van der Waals surface area contributed by atoms with Crippen molar-refractivity contribution in [3.8, 4) is 0 Å². The Bertz CT molecular complexity index is 247. The van der Waals surface area contributed by atoms with E-state index in [0.717, 1.165) is 17.6 Å².